The molecule has 1 aliphatic heterocycles. The fourth-order valence-corrected chi connectivity index (χ4v) is 4.14. The molecular formula is C26H25Cl2FN2O3. The van der Waals surface area contributed by atoms with Gasteiger partial charge in [0.25, 0.3) is 5.91 Å². The van der Waals surface area contributed by atoms with E-state index in [1.807, 2.05) is 20.8 Å². The summed E-state index contributed by atoms with van der Waals surface area (Å²) in [4.78, 5) is 19.4. The number of carbonyl (C=O) groups is 1. The quantitative estimate of drug-likeness (QED) is 0.407. The van der Waals surface area contributed by atoms with E-state index in [4.69, 9.17) is 32.7 Å². The number of pyridine rings is 1. The van der Waals surface area contributed by atoms with Crippen LogP contribution in [0.15, 0.2) is 54.7 Å². The average molecular weight is 503 g/mol. The molecule has 0 N–H and O–H groups in total. The maximum absolute atomic E-state index is 13.9. The molecule has 2 heterocycles. The highest BCUT2D eigenvalue weighted by Gasteiger charge is 2.31. The molecule has 2 aromatic carbocycles. The standard InChI is InChI=1S/C26H25Cl2FN2O3/c1-26(2,3)34-21-7-9-24(30-13-21)33-15-20-11-18-10-19(29)6-4-17(18)14-31(20)25(32)16-5-8-22(27)23(28)12-16/h4-10,12-13,20H,11,14-15H2,1-3H3/t20-/m0/s1. The Kier molecular flexibility index (Phi) is 7.01. The highest BCUT2D eigenvalue weighted by molar-refractivity contribution is 6.42. The van der Waals surface area contributed by atoms with Gasteiger partial charge in [0.2, 0.25) is 5.88 Å². The minimum atomic E-state index is -0.333. The summed E-state index contributed by atoms with van der Waals surface area (Å²) in [6.45, 7) is 6.39. The molecule has 1 amide bonds. The van der Waals surface area contributed by atoms with Gasteiger partial charge >= 0.3 is 0 Å². The smallest absolute Gasteiger partial charge is 0.254 e. The first kappa shape index (κ1) is 24.3. The number of nitrogens with zero attached hydrogens (tertiary/aromatic N) is 2. The summed E-state index contributed by atoms with van der Waals surface area (Å²) >= 11 is 12.2. The molecule has 8 heteroatoms. The van der Waals surface area contributed by atoms with Crippen molar-refractivity contribution in [1.82, 2.24) is 9.88 Å². The number of aromatic nitrogens is 1. The number of ether oxygens (including phenoxy) is 2. The minimum absolute atomic E-state index is 0.190. The molecule has 34 heavy (non-hydrogen) atoms. The summed E-state index contributed by atoms with van der Waals surface area (Å²) in [6.07, 6.45) is 2.05. The predicted molar refractivity (Wildman–Crippen MR) is 130 cm³/mol. The summed E-state index contributed by atoms with van der Waals surface area (Å²) in [5.74, 6) is 0.536. The number of amides is 1. The number of fused-ring (bicyclic) bond motifs is 1. The molecule has 1 aliphatic rings. The van der Waals surface area contributed by atoms with Crippen LogP contribution in [0.4, 0.5) is 4.39 Å². The lowest BCUT2D eigenvalue weighted by Crippen LogP contribution is -2.47. The van der Waals surface area contributed by atoms with Crippen LogP contribution < -0.4 is 9.47 Å². The molecule has 0 aliphatic carbocycles. The Balaban J connectivity index is 1.54. The zero-order chi connectivity index (χ0) is 24.5. The number of hydrogen-bond donors (Lipinski definition) is 0. The molecule has 0 unspecified atom stereocenters. The van der Waals surface area contributed by atoms with E-state index in [-0.39, 0.29) is 30.0 Å². The molecule has 0 spiro atoms. The van der Waals surface area contributed by atoms with E-state index in [2.05, 4.69) is 4.98 Å². The Morgan fingerprint density at radius 1 is 1.09 bits per heavy atom. The van der Waals surface area contributed by atoms with Crippen molar-refractivity contribution in [2.45, 2.75) is 45.4 Å². The van der Waals surface area contributed by atoms with Crippen molar-refractivity contribution in [3.8, 4) is 11.6 Å². The maximum atomic E-state index is 13.9. The molecule has 0 fully saturated rings. The third-order valence-electron chi connectivity index (χ3n) is 5.39. The minimum Gasteiger partial charge on any atom is -0.487 e. The van der Waals surface area contributed by atoms with Gasteiger partial charge in [-0.15, -0.1) is 0 Å². The van der Waals surface area contributed by atoms with E-state index >= 15 is 0 Å². The Morgan fingerprint density at radius 3 is 2.56 bits per heavy atom. The van der Waals surface area contributed by atoms with Gasteiger partial charge in [-0.3, -0.25) is 4.79 Å². The highest BCUT2D eigenvalue weighted by Crippen LogP contribution is 2.29. The molecule has 1 aromatic heterocycles. The monoisotopic (exact) mass is 502 g/mol. The average Bonchev–Trinajstić information content (AvgIpc) is 2.78. The van der Waals surface area contributed by atoms with Crippen LogP contribution in [0.5, 0.6) is 11.6 Å². The molecule has 1 atom stereocenters. The summed E-state index contributed by atoms with van der Waals surface area (Å²) < 4.78 is 25.6. The second-order valence-corrected chi connectivity index (χ2v) is 10.0. The van der Waals surface area contributed by atoms with Crippen molar-refractivity contribution in [3.05, 3.63) is 87.3 Å². The van der Waals surface area contributed by atoms with Crippen LogP contribution in [0.2, 0.25) is 10.0 Å². The van der Waals surface area contributed by atoms with Gasteiger partial charge in [0.15, 0.2) is 0 Å². The summed E-state index contributed by atoms with van der Waals surface area (Å²) in [6, 6.07) is 12.6. The van der Waals surface area contributed by atoms with Gasteiger partial charge in [-0.05, 0) is 74.7 Å². The Bertz CT molecular complexity index is 1200. The predicted octanol–water partition coefficient (Wildman–Crippen LogP) is 6.35. The lowest BCUT2D eigenvalue weighted by atomic mass is 9.93. The lowest BCUT2D eigenvalue weighted by Gasteiger charge is -2.37. The topological polar surface area (TPSA) is 51.7 Å². The number of carbonyl (C=O) groups excluding carboxylic acids is 1. The van der Waals surface area contributed by atoms with E-state index in [1.165, 1.54) is 12.1 Å². The largest absolute Gasteiger partial charge is 0.487 e. The normalized spacial score (nSPS) is 15.6. The van der Waals surface area contributed by atoms with Crippen LogP contribution in [-0.4, -0.2) is 34.0 Å². The molecule has 5 nitrogen and oxygen atoms in total. The van der Waals surface area contributed by atoms with Crippen LogP contribution in [0, 0.1) is 5.82 Å². The van der Waals surface area contributed by atoms with Crippen molar-refractivity contribution in [2.24, 2.45) is 0 Å². The van der Waals surface area contributed by atoms with Crippen molar-refractivity contribution >= 4 is 29.1 Å². The second-order valence-electron chi connectivity index (χ2n) is 9.19. The third kappa shape index (κ3) is 5.80. The van der Waals surface area contributed by atoms with Crippen LogP contribution in [0.3, 0.4) is 0 Å². The first-order valence-corrected chi connectivity index (χ1v) is 11.7. The van der Waals surface area contributed by atoms with Gasteiger partial charge < -0.3 is 14.4 Å². The number of rotatable bonds is 5. The zero-order valence-electron chi connectivity index (χ0n) is 19.1. The fourth-order valence-electron chi connectivity index (χ4n) is 3.84. The van der Waals surface area contributed by atoms with E-state index in [0.29, 0.717) is 40.2 Å². The molecule has 0 radical (unpaired) electrons. The Labute approximate surface area is 208 Å². The van der Waals surface area contributed by atoms with E-state index in [1.54, 1.807) is 47.5 Å². The third-order valence-corrected chi connectivity index (χ3v) is 6.13. The summed E-state index contributed by atoms with van der Waals surface area (Å²) in [7, 11) is 0. The van der Waals surface area contributed by atoms with Crippen molar-refractivity contribution in [2.75, 3.05) is 6.61 Å². The molecular weight excluding hydrogens is 478 g/mol. The molecule has 0 bridgehead atoms. The van der Waals surface area contributed by atoms with Crippen LogP contribution in [-0.2, 0) is 13.0 Å². The Morgan fingerprint density at radius 2 is 1.88 bits per heavy atom. The molecule has 0 saturated heterocycles. The highest BCUT2D eigenvalue weighted by atomic mass is 35.5. The van der Waals surface area contributed by atoms with Crippen molar-refractivity contribution in [3.63, 3.8) is 0 Å². The van der Waals surface area contributed by atoms with Crippen molar-refractivity contribution in [1.29, 1.82) is 0 Å². The second kappa shape index (κ2) is 9.80. The summed E-state index contributed by atoms with van der Waals surface area (Å²) in [5.41, 5.74) is 1.84. The fraction of sp³-hybridized carbons (Fsp3) is 0.308. The van der Waals surface area contributed by atoms with Gasteiger partial charge in [0, 0.05) is 18.2 Å². The summed E-state index contributed by atoms with van der Waals surface area (Å²) in [5, 5.41) is 0.684. The molecule has 4 rings (SSSR count). The zero-order valence-corrected chi connectivity index (χ0v) is 20.7. The maximum Gasteiger partial charge on any atom is 0.254 e. The van der Waals surface area contributed by atoms with E-state index < -0.39 is 0 Å². The molecule has 3 aromatic rings. The van der Waals surface area contributed by atoms with Crippen LogP contribution >= 0.6 is 23.2 Å². The van der Waals surface area contributed by atoms with Gasteiger partial charge in [-0.25, -0.2) is 9.37 Å². The first-order chi connectivity index (χ1) is 16.1. The SMILES string of the molecule is CC(C)(C)Oc1ccc(OC[C@@H]2Cc3cc(F)ccc3CN2C(=O)c2ccc(Cl)c(Cl)c2)nc1. The molecule has 0 saturated carbocycles. The van der Waals surface area contributed by atoms with E-state index in [0.717, 1.165) is 11.1 Å². The Hall–Kier alpha value is -2.83. The van der Waals surface area contributed by atoms with Crippen LogP contribution in [0.1, 0.15) is 42.3 Å². The van der Waals surface area contributed by atoms with Gasteiger partial charge in [-0.1, -0.05) is 29.3 Å². The van der Waals surface area contributed by atoms with Gasteiger partial charge in [-0.2, -0.15) is 0 Å². The lowest BCUT2D eigenvalue weighted by molar-refractivity contribution is 0.0562. The molecule has 178 valence electrons. The first-order valence-electron chi connectivity index (χ1n) is 10.9. The number of hydrogen-bond acceptors (Lipinski definition) is 4. The van der Waals surface area contributed by atoms with Gasteiger partial charge in [0.1, 0.15) is 23.8 Å². The van der Waals surface area contributed by atoms with Gasteiger partial charge in [0.05, 0.1) is 22.3 Å². The van der Waals surface area contributed by atoms with Crippen LogP contribution in [0.25, 0.3) is 0 Å². The number of benzene rings is 2. The van der Waals surface area contributed by atoms with E-state index in [9.17, 15) is 9.18 Å². The number of halogens is 3. The van der Waals surface area contributed by atoms with Crippen molar-refractivity contribution < 1.29 is 18.7 Å².